The number of rotatable bonds is 3. The van der Waals surface area contributed by atoms with Gasteiger partial charge in [-0.15, -0.1) is 0 Å². The molecule has 0 bridgehead atoms. The zero-order valence-electron chi connectivity index (χ0n) is 13.6. The molecule has 1 aliphatic rings. The van der Waals surface area contributed by atoms with Gasteiger partial charge in [0.25, 0.3) is 0 Å². The predicted molar refractivity (Wildman–Crippen MR) is 92.3 cm³/mol. The summed E-state index contributed by atoms with van der Waals surface area (Å²) in [5.74, 6) is 0. The van der Waals surface area contributed by atoms with Crippen molar-refractivity contribution in [3.8, 4) is 0 Å². The van der Waals surface area contributed by atoms with E-state index >= 15 is 0 Å². The van der Waals surface area contributed by atoms with E-state index in [1.54, 1.807) is 0 Å². The normalized spacial score (nSPS) is 15.5. The molecule has 1 heterocycles. The first-order chi connectivity index (χ1) is 10.8. The highest BCUT2D eigenvalue weighted by atomic mass is 16.5. The fourth-order valence-corrected chi connectivity index (χ4v) is 3.17. The van der Waals surface area contributed by atoms with E-state index in [4.69, 9.17) is 4.74 Å². The van der Waals surface area contributed by atoms with Crippen molar-refractivity contribution in [2.75, 3.05) is 6.61 Å². The highest BCUT2D eigenvalue weighted by Crippen LogP contribution is 2.20. The number of aryl methyl sites for hydroxylation is 2. The fourth-order valence-electron chi connectivity index (χ4n) is 3.17. The van der Waals surface area contributed by atoms with Gasteiger partial charge < -0.3 is 4.74 Å². The molecule has 0 aliphatic carbocycles. The summed E-state index contributed by atoms with van der Waals surface area (Å²) in [5, 5.41) is 0. The van der Waals surface area contributed by atoms with Gasteiger partial charge in [-0.2, -0.15) is 0 Å². The van der Waals surface area contributed by atoms with Crippen molar-refractivity contribution in [1.29, 1.82) is 0 Å². The standard InChI is InChI=1S/C21H26O/c1-2-17-7-9-18(10-8-17)14-19-11-12-21-16-22-13-5-3-4-6-20(21)15-19/h7-12,15H,2-6,13-14,16H2,1H3. The molecule has 2 aromatic carbocycles. The van der Waals surface area contributed by atoms with Crippen LogP contribution in [-0.4, -0.2) is 6.61 Å². The van der Waals surface area contributed by atoms with Crippen LogP contribution >= 0.6 is 0 Å². The van der Waals surface area contributed by atoms with E-state index in [1.807, 2.05) is 0 Å². The summed E-state index contributed by atoms with van der Waals surface area (Å²) in [6, 6.07) is 16.0. The first kappa shape index (κ1) is 15.3. The molecule has 0 aromatic heterocycles. The number of fused-ring (bicyclic) bond motifs is 1. The van der Waals surface area contributed by atoms with E-state index in [9.17, 15) is 0 Å². The van der Waals surface area contributed by atoms with E-state index < -0.39 is 0 Å². The lowest BCUT2D eigenvalue weighted by atomic mass is 9.96. The SMILES string of the molecule is CCc1ccc(Cc2ccc3c(c2)CCCCCOC3)cc1. The molecule has 1 heteroatoms. The van der Waals surface area contributed by atoms with Crippen LogP contribution in [0.15, 0.2) is 42.5 Å². The van der Waals surface area contributed by atoms with Crippen molar-refractivity contribution in [3.63, 3.8) is 0 Å². The zero-order chi connectivity index (χ0) is 15.2. The minimum atomic E-state index is 0.779. The first-order valence-corrected chi connectivity index (χ1v) is 8.61. The van der Waals surface area contributed by atoms with Crippen LogP contribution in [0.4, 0.5) is 0 Å². The summed E-state index contributed by atoms with van der Waals surface area (Å²) < 4.78 is 5.76. The fraction of sp³-hybridized carbons (Fsp3) is 0.429. The van der Waals surface area contributed by atoms with Crippen LogP contribution in [-0.2, 0) is 30.6 Å². The Bertz CT molecular complexity index is 598. The lowest BCUT2D eigenvalue weighted by Crippen LogP contribution is -1.99. The lowest BCUT2D eigenvalue weighted by Gasteiger charge is -2.11. The van der Waals surface area contributed by atoms with Crippen molar-refractivity contribution in [2.24, 2.45) is 0 Å². The molecule has 2 aromatic rings. The average molecular weight is 294 g/mol. The third-order valence-corrected chi connectivity index (χ3v) is 4.60. The molecule has 0 atom stereocenters. The van der Waals surface area contributed by atoms with E-state index in [-0.39, 0.29) is 0 Å². The Balaban J connectivity index is 1.76. The van der Waals surface area contributed by atoms with Gasteiger partial charge in [0.15, 0.2) is 0 Å². The summed E-state index contributed by atoms with van der Waals surface area (Å²) >= 11 is 0. The molecular formula is C21H26O. The molecule has 1 nitrogen and oxygen atoms in total. The first-order valence-electron chi connectivity index (χ1n) is 8.61. The third kappa shape index (κ3) is 3.98. The molecule has 0 unspecified atom stereocenters. The van der Waals surface area contributed by atoms with Gasteiger partial charge in [-0.1, -0.05) is 55.8 Å². The molecule has 0 saturated heterocycles. The second-order valence-electron chi connectivity index (χ2n) is 6.31. The Morgan fingerprint density at radius 1 is 0.818 bits per heavy atom. The number of hydrogen-bond donors (Lipinski definition) is 0. The molecule has 0 saturated carbocycles. The van der Waals surface area contributed by atoms with Crippen molar-refractivity contribution in [2.45, 2.75) is 52.1 Å². The molecule has 22 heavy (non-hydrogen) atoms. The van der Waals surface area contributed by atoms with Crippen molar-refractivity contribution in [3.05, 3.63) is 70.3 Å². The molecule has 1 aliphatic heterocycles. The van der Waals surface area contributed by atoms with Crippen LogP contribution in [0.25, 0.3) is 0 Å². The highest BCUT2D eigenvalue weighted by Gasteiger charge is 2.08. The Morgan fingerprint density at radius 3 is 2.41 bits per heavy atom. The molecule has 0 N–H and O–H groups in total. The van der Waals surface area contributed by atoms with E-state index in [0.717, 1.165) is 26.1 Å². The van der Waals surface area contributed by atoms with Gasteiger partial charge in [0, 0.05) is 6.61 Å². The second-order valence-corrected chi connectivity index (χ2v) is 6.31. The summed E-state index contributed by atoms with van der Waals surface area (Å²) in [6.45, 7) is 3.89. The van der Waals surface area contributed by atoms with E-state index in [1.165, 1.54) is 53.5 Å². The van der Waals surface area contributed by atoms with Crippen molar-refractivity contribution in [1.82, 2.24) is 0 Å². The van der Waals surface area contributed by atoms with Crippen LogP contribution in [0, 0.1) is 0 Å². The predicted octanol–water partition coefficient (Wildman–Crippen LogP) is 5.08. The van der Waals surface area contributed by atoms with Gasteiger partial charge in [0.05, 0.1) is 6.61 Å². The van der Waals surface area contributed by atoms with Gasteiger partial charge in [-0.25, -0.2) is 0 Å². The Labute approximate surface area is 134 Å². The van der Waals surface area contributed by atoms with Gasteiger partial charge >= 0.3 is 0 Å². The molecule has 3 rings (SSSR count). The largest absolute Gasteiger partial charge is 0.377 e. The van der Waals surface area contributed by atoms with E-state index in [2.05, 4.69) is 49.4 Å². The molecular weight excluding hydrogens is 268 g/mol. The van der Waals surface area contributed by atoms with Gasteiger partial charge in [-0.05, 0) is 59.9 Å². The molecule has 116 valence electrons. The summed E-state index contributed by atoms with van der Waals surface area (Å²) in [4.78, 5) is 0. The van der Waals surface area contributed by atoms with Gasteiger partial charge in [0.1, 0.15) is 0 Å². The monoisotopic (exact) mass is 294 g/mol. The number of ether oxygens (including phenoxy) is 1. The Hall–Kier alpha value is -1.60. The van der Waals surface area contributed by atoms with Crippen LogP contribution in [0.3, 0.4) is 0 Å². The van der Waals surface area contributed by atoms with Crippen molar-refractivity contribution >= 4 is 0 Å². The Morgan fingerprint density at radius 2 is 1.59 bits per heavy atom. The maximum Gasteiger partial charge on any atom is 0.0719 e. The minimum absolute atomic E-state index is 0.779. The third-order valence-electron chi connectivity index (χ3n) is 4.60. The molecule has 0 fully saturated rings. The van der Waals surface area contributed by atoms with Crippen LogP contribution < -0.4 is 0 Å². The summed E-state index contributed by atoms with van der Waals surface area (Å²) in [7, 11) is 0. The highest BCUT2D eigenvalue weighted by molar-refractivity contribution is 5.35. The minimum Gasteiger partial charge on any atom is -0.377 e. The second kappa shape index (κ2) is 7.60. The summed E-state index contributed by atoms with van der Waals surface area (Å²) in [6.07, 6.45) is 7.09. The van der Waals surface area contributed by atoms with Crippen molar-refractivity contribution < 1.29 is 4.74 Å². The molecule has 0 radical (unpaired) electrons. The van der Waals surface area contributed by atoms with Crippen LogP contribution in [0.5, 0.6) is 0 Å². The lowest BCUT2D eigenvalue weighted by molar-refractivity contribution is 0.118. The average Bonchev–Trinajstić information content (AvgIpc) is 2.67. The van der Waals surface area contributed by atoms with E-state index in [0.29, 0.717) is 0 Å². The zero-order valence-corrected chi connectivity index (χ0v) is 13.6. The van der Waals surface area contributed by atoms with Gasteiger partial charge in [0.2, 0.25) is 0 Å². The smallest absolute Gasteiger partial charge is 0.0719 e. The quantitative estimate of drug-likeness (QED) is 0.767. The maximum absolute atomic E-state index is 5.76. The van der Waals surface area contributed by atoms with Crippen LogP contribution in [0.2, 0.25) is 0 Å². The molecule has 0 spiro atoms. The number of hydrogen-bond acceptors (Lipinski definition) is 1. The topological polar surface area (TPSA) is 9.23 Å². The van der Waals surface area contributed by atoms with Crippen LogP contribution in [0.1, 0.15) is 54.0 Å². The number of benzene rings is 2. The Kier molecular flexibility index (Phi) is 5.29. The summed E-state index contributed by atoms with van der Waals surface area (Å²) in [5.41, 5.74) is 7.10. The maximum atomic E-state index is 5.76. The van der Waals surface area contributed by atoms with Gasteiger partial charge in [-0.3, -0.25) is 0 Å². The molecule has 0 amide bonds.